The molecule has 176 valence electrons. The van der Waals surface area contributed by atoms with Gasteiger partial charge in [0, 0.05) is 41.9 Å². The van der Waals surface area contributed by atoms with Crippen molar-refractivity contribution in [2.24, 2.45) is 12.8 Å². The predicted molar refractivity (Wildman–Crippen MR) is 133 cm³/mol. The lowest BCUT2D eigenvalue weighted by molar-refractivity contribution is 0.0720. The van der Waals surface area contributed by atoms with E-state index in [0.717, 1.165) is 27.9 Å². The molecule has 2 amide bonds. The highest BCUT2D eigenvalue weighted by molar-refractivity contribution is 6.31. The zero-order chi connectivity index (χ0) is 24.5. The highest BCUT2D eigenvalue weighted by atomic mass is 35.5. The van der Waals surface area contributed by atoms with E-state index in [1.54, 1.807) is 39.9 Å². The van der Waals surface area contributed by atoms with Crippen molar-refractivity contribution in [1.82, 2.24) is 14.7 Å². The van der Waals surface area contributed by atoms with Gasteiger partial charge in [0.25, 0.3) is 5.91 Å². The Morgan fingerprint density at radius 2 is 1.71 bits per heavy atom. The summed E-state index contributed by atoms with van der Waals surface area (Å²) in [7, 11) is 1.82. The zero-order valence-corrected chi connectivity index (χ0v) is 19.8. The third-order valence-corrected chi connectivity index (χ3v) is 6.27. The van der Waals surface area contributed by atoms with Crippen LogP contribution in [0, 0.1) is 0 Å². The Morgan fingerprint density at radius 1 is 1.03 bits per heavy atom. The van der Waals surface area contributed by atoms with E-state index in [9.17, 15) is 9.59 Å². The number of nitrogens with zero attached hydrogens (tertiary/aromatic N) is 3. The monoisotopic (exact) mass is 486 g/mol. The second-order valence-corrected chi connectivity index (χ2v) is 8.87. The van der Waals surface area contributed by atoms with Crippen LogP contribution >= 0.6 is 11.6 Å². The molecular weight excluding hydrogens is 464 g/mol. The molecule has 4 aromatic rings. The summed E-state index contributed by atoms with van der Waals surface area (Å²) in [6, 6.07) is 22.2. The summed E-state index contributed by atoms with van der Waals surface area (Å²) in [5, 5.41) is 5.19. The van der Waals surface area contributed by atoms with Crippen molar-refractivity contribution in [3.05, 3.63) is 106 Å². The van der Waals surface area contributed by atoms with Crippen LogP contribution in [-0.2, 0) is 26.7 Å². The van der Waals surface area contributed by atoms with Gasteiger partial charge in [-0.1, -0.05) is 54.1 Å². The van der Waals surface area contributed by atoms with Crippen LogP contribution in [0.3, 0.4) is 0 Å². The summed E-state index contributed by atoms with van der Waals surface area (Å²) in [4.78, 5) is 27.1. The quantitative estimate of drug-likeness (QED) is 0.432. The number of hydrogen-bond acceptors (Lipinski definition) is 4. The topological polar surface area (TPSA) is 90.5 Å². The van der Waals surface area contributed by atoms with Crippen molar-refractivity contribution in [2.45, 2.75) is 19.7 Å². The van der Waals surface area contributed by atoms with Crippen molar-refractivity contribution in [3.8, 4) is 17.0 Å². The number of halogens is 1. The molecule has 1 aliphatic heterocycles. The molecule has 35 heavy (non-hydrogen) atoms. The Bertz CT molecular complexity index is 1410. The maximum Gasteiger partial charge on any atom is 0.275 e. The summed E-state index contributed by atoms with van der Waals surface area (Å²) in [5.41, 5.74) is 10.4. The molecule has 0 saturated heterocycles. The number of fused-ring (bicyclic) bond motifs is 3. The van der Waals surface area contributed by atoms with Gasteiger partial charge in [-0.3, -0.25) is 14.3 Å². The van der Waals surface area contributed by atoms with Gasteiger partial charge < -0.3 is 15.4 Å². The number of carbonyl (C=O) groups is 2. The van der Waals surface area contributed by atoms with Gasteiger partial charge >= 0.3 is 0 Å². The van der Waals surface area contributed by atoms with E-state index in [1.807, 2.05) is 49.5 Å². The van der Waals surface area contributed by atoms with Gasteiger partial charge in [0.05, 0.1) is 5.69 Å². The van der Waals surface area contributed by atoms with Gasteiger partial charge in [0.2, 0.25) is 5.91 Å². The van der Waals surface area contributed by atoms with Gasteiger partial charge in [-0.05, 0) is 41.5 Å². The van der Waals surface area contributed by atoms with Crippen molar-refractivity contribution in [1.29, 1.82) is 0 Å². The van der Waals surface area contributed by atoms with Crippen LogP contribution in [0.25, 0.3) is 11.3 Å². The van der Waals surface area contributed by atoms with E-state index in [1.165, 1.54) is 0 Å². The molecule has 8 heteroatoms. The standard InChI is InChI=1S/C27H23ClN4O3/c1-31-25-21-13-20(28)11-12-23(21)35-16-22(25)24(30-31)27(34)32(14-17-5-3-2-4-6-17)15-18-7-9-19(10-8-18)26(29)33/h2-13H,14-16H2,1H3,(H2,29,33). The second-order valence-electron chi connectivity index (χ2n) is 8.44. The maximum absolute atomic E-state index is 13.9. The highest BCUT2D eigenvalue weighted by Gasteiger charge is 2.31. The summed E-state index contributed by atoms with van der Waals surface area (Å²) >= 11 is 6.24. The first kappa shape index (κ1) is 22.7. The Hall–Kier alpha value is -4.10. The van der Waals surface area contributed by atoms with Crippen LogP contribution in [-0.4, -0.2) is 26.5 Å². The number of aromatic nitrogens is 2. The third kappa shape index (κ3) is 4.50. The fourth-order valence-electron chi connectivity index (χ4n) is 4.32. The minimum atomic E-state index is -0.491. The molecule has 1 aromatic heterocycles. The smallest absolute Gasteiger partial charge is 0.275 e. The molecule has 7 nitrogen and oxygen atoms in total. The lowest BCUT2D eigenvalue weighted by Crippen LogP contribution is -2.31. The van der Waals surface area contributed by atoms with Crippen LogP contribution in [0.1, 0.15) is 37.5 Å². The molecular formula is C27H23ClN4O3. The fraction of sp³-hybridized carbons (Fsp3) is 0.148. The summed E-state index contributed by atoms with van der Waals surface area (Å²) < 4.78 is 7.65. The van der Waals surface area contributed by atoms with Crippen molar-refractivity contribution in [3.63, 3.8) is 0 Å². The second kappa shape index (κ2) is 9.27. The molecule has 0 atom stereocenters. The number of hydrogen-bond donors (Lipinski definition) is 1. The van der Waals surface area contributed by atoms with Crippen molar-refractivity contribution < 1.29 is 14.3 Å². The first-order valence-corrected chi connectivity index (χ1v) is 11.5. The molecule has 0 saturated carbocycles. The van der Waals surface area contributed by atoms with Crippen LogP contribution < -0.4 is 10.5 Å². The van der Waals surface area contributed by atoms with Gasteiger partial charge in [-0.2, -0.15) is 5.10 Å². The lowest BCUT2D eigenvalue weighted by atomic mass is 10.0. The first-order valence-electron chi connectivity index (χ1n) is 11.1. The Kier molecular flexibility index (Phi) is 6.01. The highest BCUT2D eigenvalue weighted by Crippen LogP contribution is 2.40. The molecule has 3 aromatic carbocycles. The number of primary amides is 1. The van der Waals surface area contributed by atoms with E-state index < -0.39 is 5.91 Å². The Morgan fingerprint density at radius 3 is 2.40 bits per heavy atom. The zero-order valence-electron chi connectivity index (χ0n) is 19.1. The first-order chi connectivity index (χ1) is 16.9. The fourth-order valence-corrected chi connectivity index (χ4v) is 4.50. The number of ether oxygens (including phenoxy) is 1. The molecule has 2 heterocycles. The van der Waals surface area contributed by atoms with E-state index in [0.29, 0.717) is 35.1 Å². The minimum Gasteiger partial charge on any atom is -0.488 e. The van der Waals surface area contributed by atoms with Crippen molar-refractivity contribution >= 4 is 23.4 Å². The molecule has 2 N–H and O–H groups in total. The average Bonchev–Trinajstić information content (AvgIpc) is 3.21. The lowest BCUT2D eigenvalue weighted by Gasteiger charge is -2.24. The number of nitrogens with two attached hydrogens (primary N) is 1. The number of benzene rings is 3. The van der Waals surface area contributed by atoms with Gasteiger partial charge in [0.1, 0.15) is 12.4 Å². The summed E-state index contributed by atoms with van der Waals surface area (Å²) in [6.45, 7) is 0.971. The predicted octanol–water partition coefficient (Wildman–Crippen LogP) is 4.57. The maximum atomic E-state index is 13.9. The van der Waals surface area contributed by atoms with Crippen LogP contribution in [0.4, 0.5) is 0 Å². The van der Waals surface area contributed by atoms with Gasteiger partial charge in [-0.15, -0.1) is 0 Å². The van der Waals surface area contributed by atoms with Gasteiger partial charge in [-0.25, -0.2) is 0 Å². The largest absolute Gasteiger partial charge is 0.488 e. The molecule has 0 spiro atoms. The van der Waals surface area contributed by atoms with Crippen molar-refractivity contribution in [2.75, 3.05) is 0 Å². The summed E-state index contributed by atoms with van der Waals surface area (Å²) in [5.74, 6) is 0.00704. The van der Waals surface area contributed by atoms with E-state index in [-0.39, 0.29) is 12.5 Å². The third-order valence-electron chi connectivity index (χ3n) is 6.03. The van der Waals surface area contributed by atoms with Gasteiger partial charge in [0.15, 0.2) is 5.69 Å². The molecule has 0 aliphatic carbocycles. The van der Waals surface area contributed by atoms with E-state index >= 15 is 0 Å². The Balaban J connectivity index is 1.51. The van der Waals surface area contributed by atoms with E-state index in [4.69, 9.17) is 22.1 Å². The molecule has 0 unspecified atom stereocenters. The average molecular weight is 487 g/mol. The number of rotatable bonds is 6. The van der Waals surface area contributed by atoms with Crippen LogP contribution in [0.5, 0.6) is 5.75 Å². The van der Waals surface area contributed by atoms with Crippen LogP contribution in [0.15, 0.2) is 72.8 Å². The van der Waals surface area contributed by atoms with Crippen LogP contribution in [0.2, 0.25) is 5.02 Å². The number of amides is 2. The Labute approximate surface area is 207 Å². The molecule has 1 aliphatic rings. The molecule has 0 radical (unpaired) electrons. The SMILES string of the molecule is Cn1nc(C(=O)N(Cc2ccccc2)Cc2ccc(C(N)=O)cc2)c2c1-c1cc(Cl)ccc1OC2. The number of carbonyl (C=O) groups excluding carboxylic acids is 2. The summed E-state index contributed by atoms with van der Waals surface area (Å²) in [6.07, 6.45) is 0. The molecule has 5 rings (SSSR count). The normalized spacial score (nSPS) is 11.8. The number of aryl methyl sites for hydroxylation is 1. The molecule has 0 fully saturated rings. The minimum absolute atomic E-state index is 0.209. The molecule has 0 bridgehead atoms. The van der Waals surface area contributed by atoms with E-state index in [2.05, 4.69) is 5.10 Å².